The predicted octanol–water partition coefficient (Wildman–Crippen LogP) is 7.31. The molecule has 52 heavy (non-hydrogen) atoms. The third-order valence-corrected chi connectivity index (χ3v) is 9.97. The molecule has 2 aromatic carbocycles. The van der Waals surface area contributed by atoms with E-state index in [1.165, 1.54) is 34.9 Å². The highest BCUT2D eigenvalue weighted by molar-refractivity contribution is 6.10. The van der Waals surface area contributed by atoms with Gasteiger partial charge < -0.3 is 29.1 Å². The summed E-state index contributed by atoms with van der Waals surface area (Å²) in [7, 11) is 3.29. The Bertz CT molecular complexity index is 2230. The Hall–Kier alpha value is -5.08. The number of amides is 1. The summed E-state index contributed by atoms with van der Waals surface area (Å²) in [6.45, 7) is 2.02. The first-order valence-electron chi connectivity index (χ1n) is 17.0. The van der Waals surface area contributed by atoms with Crippen molar-refractivity contribution in [3.8, 4) is 16.9 Å². The molecule has 0 saturated heterocycles. The Kier molecular flexibility index (Phi) is 9.38. The van der Waals surface area contributed by atoms with E-state index in [9.17, 15) is 22.8 Å². The quantitative estimate of drug-likeness (QED) is 0.0992. The van der Waals surface area contributed by atoms with Gasteiger partial charge in [-0.1, -0.05) is 25.0 Å². The smallest absolute Gasteiger partial charge is 0.417 e. The largest absolute Gasteiger partial charge is 0.490 e. The summed E-state index contributed by atoms with van der Waals surface area (Å²) >= 11 is 0. The third kappa shape index (κ3) is 6.34. The highest BCUT2D eigenvalue weighted by Gasteiger charge is 2.39. The lowest BCUT2D eigenvalue weighted by molar-refractivity contribution is -0.137. The van der Waals surface area contributed by atoms with Crippen LogP contribution in [0, 0.1) is 18.6 Å². The number of methoxy groups -OCH3 is 1. The maximum Gasteiger partial charge on any atom is 0.417 e. The molecule has 7 rings (SSSR count). The highest BCUT2D eigenvalue weighted by Crippen LogP contribution is 2.48. The molecule has 1 saturated carbocycles. The standard InChI is InChI=1S/C38H36F5N5O4/c1-20-45-34-28(47(20)2)19-24(38(41,42)43)32-23-8-7-14-48-29(18-21(35(23)48)12-15-52-37(32)34)36(50)22-16-25(39)33(26(40)17-22)46-31(49)11-6-13-44-27-9-4-5-10-30(27)51-3/h6-8,11,14,16-19,27,30,44H,4-5,9-10,12-13,15H2,1-3H3,(H,46,49)/b11-6+/t27-,30+/m0/s1. The molecule has 1 aliphatic heterocycles. The van der Waals surface area contributed by atoms with Gasteiger partial charge in [0.05, 0.1) is 35.0 Å². The predicted molar refractivity (Wildman–Crippen MR) is 185 cm³/mol. The van der Waals surface area contributed by atoms with Crippen LogP contribution in [0.25, 0.3) is 27.7 Å². The van der Waals surface area contributed by atoms with E-state index in [1.807, 2.05) is 0 Å². The number of ether oxygens (including phenoxy) is 2. The van der Waals surface area contributed by atoms with E-state index >= 15 is 8.78 Å². The lowest BCUT2D eigenvalue weighted by Crippen LogP contribution is -2.43. The monoisotopic (exact) mass is 721 g/mol. The minimum atomic E-state index is -4.77. The van der Waals surface area contributed by atoms with Crippen molar-refractivity contribution in [2.75, 3.05) is 25.6 Å². The number of fused-ring (bicyclic) bond motifs is 4. The van der Waals surface area contributed by atoms with Gasteiger partial charge in [0.25, 0.3) is 0 Å². The van der Waals surface area contributed by atoms with Crippen molar-refractivity contribution >= 4 is 33.9 Å². The number of carbonyl (C=O) groups excluding carboxylic acids is 2. The van der Waals surface area contributed by atoms with Crippen molar-refractivity contribution in [2.24, 2.45) is 7.05 Å². The summed E-state index contributed by atoms with van der Waals surface area (Å²) in [5.41, 5.74) is -0.667. The molecule has 2 atom stereocenters. The fraction of sp³-hybridized carbons (Fsp3) is 0.342. The molecule has 0 radical (unpaired) electrons. The number of aromatic nitrogens is 3. The second-order valence-electron chi connectivity index (χ2n) is 13.1. The minimum absolute atomic E-state index is 0.0154. The van der Waals surface area contributed by atoms with Gasteiger partial charge in [-0.25, -0.2) is 13.8 Å². The van der Waals surface area contributed by atoms with Gasteiger partial charge in [-0.05, 0) is 55.7 Å². The molecule has 1 fully saturated rings. The number of hydrogen-bond acceptors (Lipinski definition) is 6. The fourth-order valence-corrected chi connectivity index (χ4v) is 7.35. The number of imidazole rings is 1. The molecule has 2 aliphatic rings. The van der Waals surface area contributed by atoms with Crippen LogP contribution < -0.4 is 15.4 Å². The van der Waals surface area contributed by atoms with Crippen LogP contribution in [0.4, 0.5) is 27.6 Å². The van der Waals surface area contributed by atoms with Gasteiger partial charge in [-0.15, -0.1) is 0 Å². The van der Waals surface area contributed by atoms with E-state index in [0.717, 1.165) is 43.9 Å². The van der Waals surface area contributed by atoms with Crippen molar-refractivity contribution in [2.45, 2.75) is 57.3 Å². The third-order valence-electron chi connectivity index (χ3n) is 9.97. The number of nitrogens with one attached hydrogen (secondary N) is 2. The number of benzene rings is 2. The van der Waals surface area contributed by atoms with E-state index in [1.54, 1.807) is 31.7 Å². The average Bonchev–Trinajstić information content (AvgIpc) is 3.62. The van der Waals surface area contributed by atoms with Crippen molar-refractivity contribution in [1.82, 2.24) is 19.3 Å². The summed E-state index contributed by atoms with van der Waals surface area (Å²) in [5, 5.41) is 5.52. The highest BCUT2D eigenvalue weighted by atomic mass is 19.4. The molecule has 4 heterocycles. The number of carbonyl (C=O) groups is 2. The van der Waals surface area contributed by atoms with Crippen molar-refractivity contribution in [3.63, 3.8) is 0 Å². The first-order chi connectivity index (χ1) is 24.9. The van der Waals surface area contributed by atoms with Crippen LogP contribution in [0.3, 0.4) is 0 Å². The average molecular weight is 722 g/mol. The van der Waals surface area contributed by atoms with Crippen LogP contribution in [-0.4, -0.2) is 58.0 Å². The van der Waals surface area contributed by atoms with Gasteiger partial charge in [-0.2, -0.15) is 13.2 Å². The number of ketones is 1. The van der Waals surface area contributed by atoms with E-state index in [-0.39, 0.29) is 64.3 Å². The molecule has 9 nitrogen and oxygen atoms in total. The molecule has 2 N–H and O–H groups in total. The summed E-state index contributed by atoms with van der Waals surface area (Å²) in [6.07, 6.45) is 3.82. The lowest BCUT2D eigenvalue weighted by Gasteiger charge is -2.30. The minimum Gasteiger partial charge on any atom is -0.490 e. The number of nitrogens with zero attached hydrogens (tertiary/aromatic N) is 3. The van der Waals surface area contributed by atoms with Crippen molar-refractivity contribution in [1.29, 1.82) is 0 Å². The van der Waals surface area contributed by atoms with Gasteiger partial charge in [0.1, 0.15) is 28.7 Å². The molecular formula is C38H36F5N5O4. The fourth-order valence-electron chi connectivity index (χ4n) is 7.35. The van der Waals surface area contributed by atoms with Crippen LogP contribution in [0.15, 0.2) is 54.7 Å². The van der Waals surface area contributed by atoms with Crippen molar-refractivity contribution < 1.29 is 41.0 Å². The molecular weight excluding hydrogens is 685 g/mol. The number of aryl methyl sites for hydroxylation is 2. The van der Waals surface area contributed by atoms with Gasteiger partial charge in [-0.3, -0.25) is 9.59 Å². The first kappa shape index (κ1) is 35.3. The topological polar surface area (TPSA) is 98.9 Å². The zero-order chi connectivity index (χ0) is 36.9. The molecule has 272 valence electrons. The first-order valence-corrected chi connectivity index (χ1v) is 17.0. The summed E-state index contributed by atoms with van der Waals surface area (Å²) < 4.78 is 89.2. The van der Waals surface area contributed by atoms with E-state index in [2.05, 4.69) is 15.6 Å². The second-order valence-corrected chi connectivity index (χ2v) is 13.1. The molecule has 5 aromatic rings. The summed E-state index contributed by atoms with van der Waals surface area (Å²) in [6, 6.07) is 7.34. The van der Waals surface area contributed by atoms with Crippen LogP contribution in [0.1, 0.15) is 58.7 Å². The molecule has 1 aliphatic carbocycles. The Morgan fingerprint density at radius 2 is 1.87 bits per heavy atom. The van der Waals surface area contributed by atoms with Crippen LogP contribution >= 0.6 is 0 Å². The summed E-state index contributed by atoms with van der Waals surface area (Å²) in [4.78, 5) is 30.9. The van der Waals surface area contributed by atoms with Gasteiger partial charge in [0.15, 0.2) is 5.75 Å². The number of halogens is 5. The molecule has 0 unspecified atom stereocenters. The maximum absolute atomic E-state index is 15.3. The number of alkyl halides is 3. The number of pyridine rings is 1. The van der Waals surface area contributed by atoms with Gasteiger partial charge >= 0.3 is 6.18 Å². The van der Waals surface area contributed by atoms with Gasteiger partial charge in [0.2, 0.25) is 11.7 Å². The van der Waals surface area contributed by atoms with Gasteiger partial charge in [0, 0.05) is 62.1 Å². The van der Waals surface area contributed by atoms with Crippen LogP contribution in [0.2, 0.25) is 0 Å². The second kappa shape index (κ2) is 13.8. The Labute approximate surface area is 295 Å². The lowest BCUT2D eigenvalue weighted by atomic mass is 9.92. The maximum atomic E-state index is 15.3. The Balaban J connectivity index is 1.19. The SMILES string of the molecule is CO[C@@H]1CCCC[C@@H]1NC/C=C/C(=O)Nc1c(F)cc(C(=O)c2cc3c4c(cccn24)-c2c(C(F)(F)F)cc4c(nc(C)n4C)c2OCC3)cc1F. The van der Waals surface area contributed by atoms with Crippen LogP contribution in [-0.2, 0) is 29.2 Å². The number of hydrogen-bond donors (Lipinski definition) is 2. The number of rotatable bonds is 8. The van der Waals surface area contributed by atoms with Crippen LogP contribution in [0.5, 0.6) is 5.75 Å². The molecule has 0 spiro atoms. The zero-order valence-corrected chi connectivity index (χ0v) is 28.7. The molecule has 14 heteroatoms. The molecule has 0 bridgehead atoms. The van der Waals surface area contributed by atoms with Crippen molar-refractivity contribution in [3.05, 3.63) is 94.6 Å². The normalized spacial score (nSPS) is 17.6. The molecule has 3 aromatic heterocycles. The summed E-state index contributed by atoms with van der Waals surface area (Å²) in [5.74, 6) is -3.38. The molecule has 1 amide bonds. The van der Waals surface area contributed by atoms with E-state index in [0.29, 0.717) is 23.4 Å². The van der Waals surface area contributed by atoms with E-state index in [4.69, 9.17) is 9.47 Å². The zero-order valence-electron chi connectivity index (χ0n) is 28.7. The Morgan fingerprint density at radius 1 is 1.12 bits per heavy atom. The Morgan fingerprint density at radius 3 is 2.60 bits per heavy atom. The van der Waals surface area contributed by atoms with E-state index < -0.39 is 40.8 Å². The number of anilines is 1.